The van der Waals surface area contributed by atoms with Crippen molar-refractivity contribution in [3.8, 4) is 10.7 Å². The molecule has 0 saturated heterocycles. The first-order valence-electron chi connectivity index (χ1n) is 6.92. The van der Waals surface area contributed by atoms with Crippen molar-refractivity contribution in [2.45, 2.75) is 24.1 Å². The molecule has 3 heterocycles. The van der Waals surface area contributed by atoms with Crippen molar-refractivity contribution in [3.05, 3.63) is 23.4 Å². The molecule has 0 saturated carbocycles. The Morgan fingerprint density at radius 1 is 1.36 bits per heavy atom. The van der Waals surface area contributed by atoms with Crippen LogP contribution < -0.4 is 5.32 Å². The van der Waals surface area contributed by atoms with Crippen LogP contribution in [0.25, 0.3) is 10.7 Å². The van der Waals surface area contributed by atoms with Crippen LogP contribution in [0, 0.1) is 0 Å². The zero-order valence-corrected chi connectivity index (χ0v) is 14.4. The van der Waals surface area contributed by atoms with Crippen LogP contribution in [-0.2, 0) is 6.42 Å². The summed E-state index contributed by atoms with van der Waals surface area (Å²) in [5, 5.41) is 18.3. The quantitative estimate of drug-likeness (QED) is 0.487. The van der Waals surface area contributed by atoms with E-state index in [4.69, 9.17) is 4.52 Å². The van der Waals surface area contributed by atoms with Crippen LogP contribution in [0.15, 0.2) is 26.4 Å². The molecule has 0 atom stereocenters. The number of aromatic nitrogens is 4. The van der Waals surface area contributed by atoms with Crippen LogP contribution in [-0.4, -0.2) is 32.6 Å². The maximum atomic E-state index is 5.28. The van der Waals surface area contributed by atoms with Crippen molar-refractivity contribution >= 4 is 39.6 Å². The zero-order valence-electron chi connectivity index (χ0n) is 12.0. The number of hydrogen-bond donors (Lipinski definition) is 1. The lowest BCUT2D eigenvalue weighted by molar-refractivity contribution is 0.378. The molecule has 0 radical (unpaired) electrons. The Hall–Kier alpha value is -1.45. The van der Waals surface area contributed by atoms with Crippen LogP contribution in [0.4, 0.5) is 5.13 Å². The largest absolute Gasteiger partial charge is 0.360 e. The third-order valence-electron chi connectivity index (χ3n) is 2.70. The molecule has 0 aliphatic rings. The maximum Gasteiger partial charge on any atom is 0.227 e. The van der Waals surface area contributed by atoms with E-state index in [1.165, 1.54) is 0 Å². The molecule has 3 aromatic rings. The highest BCUT2D eigenvalue weighted by molar-refractivity contribution is 8.01. The molecule has 0 spiro atoms. The van der Waals surface area contributed by atoms with E-state index < -0.39 is 0 Å². The smallest absolute Gasteiger partial charge is 0.227 e. The first-order valence-corrected chi connectivity index (χ1v) is 9.60. The highest BCUT2D eigenvalue weighted by Gasteiger charge is 2.09. The van der Waals surface area contributed by atoms with E-state index in [1.807, 2.05) is 24.4 Å². The summed E-state index contributed by atoms with van der Waals surface area (Å²) in [5.74, 6) is 2.32. The molecule has 116 valence electrons. The van der Waals surface area contributed by atoms with Gasteiger partial charge in [0.05, 0.1) is 4.88 Å². The van der Waals surface area contributed by atoms with E-state index in [2.05, 4.69) is 25.7 Å². The summed E-state index contributed by atoms with van der Waals surface area (Å²) in [5.41, 5.74) is 0. The molecule has 3 aromatic heterocycles. The fourth-order valence-corrected chi connectivity index (χ4v) is 4.21. The zero-order chi connectivity index (χ0) is 15.2. The standard InChI is InChI=1S/C13H15N5OS3/c1-2-14-12-16-17-13(22-12)21-8-4-6-10-15-11(18-19-10)9-5-3-7-20-9/h3,5,7H,2,4,6,8H2,1H3,(H,14,16). The van der Waals surface area contributed by atoms with Gasteiger partial charge in [-0.25, -0.2) is 0 Å². The Kier molecular flexibility index (Phi) is 5.41. The number of anilines is 1. The van der Waals surface area contributed by atoms with Crippen molar-refractivity contribution in [2.75, 3.05) is 17.6 Å². The average Bonchev–Trinajstić information content (AvgIpc) is 3.25. The molecule has 22 heavy (non-hydrogen) atoms. The molecule has 0 unspecified atom stereocenters. The van der Waals surface area contributed by atoms with Crippen LogP contribution >= 0.6 is 34.4 Å². The van der Waals surface area contributed by atoms with Gasteiger partial charge in [0, 0.05) is 18.7 Å². The van der Waals surface area contributed by atoms with Crippen molar-refractivity contribution < 1.29 is 4.52 Å². The number of thioether (sulfide) groups is 1. The summed E-state index contributed by atoms with van der Waals surface area (Å²) >= 11 is 4.91. The predicted molar refractivity (Wildman–Crippen MR) is 90.7 cm³/mol. The minimum Gasteiger partial charge on any atom is -0.360 e. The van der Waals surface area contributed by atoms with Crippen molar-refractivity contribution in [2.24, 2.45) is 0 Å². The SMILES string of the molecule is CCNc1nnc(SCCCc2nc(-c3cccs3)no2)s1. The van der Waals surface area contributed by atoms with Gasteiger partial charge < -0.3 is 9.84 Å². The van der Waals surface area contributed by atoms with Gasteiger partial charge in [0.25, 0.3) is 0 Å². The van der Waals surface area contributed by atoms with Gasteiger partial charge in [0.1, 0.15) is 0 Å². The third-order valence-corrected chi connectivity index (χ3v) is 5.67. The number of aryl methyl sites for hydroxylation is 1. The van der Waals surface area contributed by atoms with E-state index >= 15 is 0 Å². The molecule has 0 fully saturated rings. The number of nitrogens with zero attached hydrogens (tertiary/aromatic N) is 4. The Morgan fingerprint density at radius 2 is 2.32 bits per heavy atom. The van der Waals surface area contributed by atoms with E-state index in [9.17, 15) is 0 Å². The fraction of sp³-hybridized carbons (Fsp3) is 0.385. The summed E-state index contributed by atoms with van der Waals surface area (Å²) in [6.45, 7) is 2.91. The molecular formula is C13H15N5OS3. The lowest BCUT2D eigenvalue weighted by atomic mass is 10.3. The predicted octanol–water partition coefficient (Wildman–Crippen LogP) is 3.81. The van der Waals surface area contributed by atoms with Gasteiger partial charge in [-0.1, -0.05) is 34.3 Å². The maximum absolute atomic E-state index is 5.28. The number of nitrogens with one attached hydrogen (secondary N) is 1. The monoisotopic (exact) mass is 353 g/mol. The number of rotatable bonds is 8. The Bertz CT molecular complexity index is 694. The van der Waals surface area contributed by atoms with Crippen LogP contribution in [0.3, 0.4) is 0 Å². The molecule has 0 aliphatic carbocycles. The number of hydrogen-bond acceptors (Lipinski definition) is 9. The Morgan fingerprint density at radius 3 is 3.14 bits per heavy atom. The third kappa shape index (κ3) is 4.05. The van der Waals surface area contributed by atoms with Crippen LogP contribution in [0.2, 0.25) is 0 Å². The van der Waals surface area contributed by atoms with Crippen molar-refractivity contribution in [3.63, 3.8) is 0 Å². The summed E-state index contributed by atoms with van der Waals surface area (Å²) in [4.78, 5) is 5.45. The minimum absolute atomic E-state index is 0.678. The molecule has 9 heteroatoms. The topological polar surface area (TPSA) is 76.7 Å². The first kappa shape index (κ1) is 15.4. The van der Waals surface area contributed by atoms with Crippen LogP contribution in [0.5, 0.6) is 0 Å². The molecule has 0 aromatic carbocycles. The second-order valence-electron chi connectivity index (χ2n) is 4.34. The lowest BCUT2D eigenvalue weighted by Gasteiger charge is -1.94. The van der Waals surface area contributed by atoms with Gasteiger partial charge in [-0.15, -0.1) is 21.5 Å². The normalized spacial score (nSPS) is 11.0. The number of thiophene rings is 1. The highest BCUT2D eigenvalue weighted by atomic mass is 32.2. The van der Waals surface area contributed by atoms with E-state index in [0.29, 0.717) is 11.7 Å². The van der Waals surface area contributed by atoms with Crippen molar-refractivity contribution in [1.29, 1.82) is 0 Å². The molecule has 0 amide bonds. The first-order chi connectivity index (χ1) is 10.8. The van der Waals surface area contributed by atoms with E-state index in [-0.39, 0.29) is 0 Å². The fourth-order valence-electron chi connectivity index (χ4n) is 1.74. The van der Waals surface area contributed by atoms with Gasteiger partial charge in [-0.2, -0.15) is 4.98 Å². The van der Waals surface area contributed by atoms with Crippen LogP contribution in [0.1, 0.15) is 19.2 Å². The summed E-state index contributed by atoms with van der Waals surface area (Å²) in [6, 6.07) is 3.98. The summed E-state index contributed by atoms with van der Waals surface area (Å²) in [6.07, 6.45) is 1.75. The van der Waals surface area contributed by atoms with E-state index in [1.54, 1.807) is 34.4 Å². The van der Waals surface area contributed by atoms with Gasteiger partial charge in [-0.3, -0.25) is 0 Å². The molecule has 0 aliphatic heterocycles. The second-order valence-corrected chi connectivity index (χ2v) is 7.61. The highest BCUT2D eigenvalue weighted by Crippen LogP contribution is 2.26. The Balaban J connectivity index is 1.43. The van der Waals surface area contributed by atoms with E-state index in [0.717, 1.165) is 39.5 Å². The average molecular weight is 353 g/mol. The summed E-state index contributed by atoms with van der Waals surface area (Å²) < 4.78 is 6.26. The van der Waals surface area contributed by atoms with Gasteiger partial charge in [-0.05, 0) is 24.8 Å². The Labute approximate surface area is 140 Å². The molecule has 6 nitrogen and oxygen atoms in total. The lowest BCUT2D eigenvalue weighted by Crippen LogP contribution is -1.94. The van der Waals surface area contributed by atoms with Crippen molar-refractivity contribution in [1.82, 2.24) is 20.3 Å². The molecule has 1 N–H and O–H groups in total. The van der Waals surface area contributed by atoms with Gasteiger partial charge in [0.15, 0.2) is 4.34 Å². The minimum atomic E-state index is 0.678. The second kappa shape index (κ2) is 7.70. The van der Waals surface area contributed by atoms with Gasteiger partial charge >= 0.3 is 0 Å². The molecule has 3 rings (SSSR count). The molecule has 0 bridgehead atoms. The molecular weight excluding hydrogens is 338 g/mol. The summed E-state index contributed by atoms with van der Waals surface area (Å²) in [7, 11) is 0. The van der Waals surface area contributed by atoms with Gasteiger partial charge in [0.2, 0.25) is 16.8 Å².